The molecule has 7 heteroatoms. The third-order valence-electron chi connectivity index (χ3n) is 3.73. The Labute approximate surface area is 170 Å². The molecule has 0 aliphatic carbocycles. The minimum Gasteiger partial charge on any atom is -0.469 e. The Hall–Kier alpha value is -0.570. The molecule has 0 bridgehead atoms. The maximum Gasteiger partial charge on any atom is 0.305 e. The summed E-state index contributed by atoms with van der Waals surface area (Å²) < 4.78 is 10.4. The number of carbonyl (C=O) groups is 1. The molecule has 0 rings (SSSR count). The van der Waals surface area contributed by atoms with Gasteiger partial charge in [0.2, 0.25) is 0 Å². The van der Waals surface area contributed by atoms with Gasteiger partial charge in [-0.05, 0) is 39.0 Å². The number of guanidine groups is 1. The lowest BCUT2D eigenvalue weighted by molar-refractivity contribution is -0.140. The van der Waals surface area contributed by atoms with Crippen LogP contribution in [0.25, 0.3) is 0 Å². The van der Waals surface area contributed by atoms with Gasteiger partial charge < -0.3 is 20.1 Å². The van der Waals surface area contributed by atoms with Gasteiger partial charge in [-0.1, -0.05) is 20.3 Å². The van der Waals surface area contributed by atoms with Crippen molar-refractivity contribution in [2.24, 2.45) is 10.9 Å². The van der Waals surface area contributed by atoms with Gasteiger partial charge in [0.25, 0.3) is 0 Å². The zero-order valence-corrected chi connectivity index (χ0v) is 18.9. The summed E-state index contributed by atoms with van der Waals surface area (Å²) in [4.78, 5) is 15.6. The van der Waals surface area contributed by atoms with Gasteiger partial charge in [0.1, 0.15) is 0 Å². The quantitative estimate of drug-likeness (QED) is 0.142. The minimum absolute atomic E-state index is 0. The van der Waals surface area contributed by atoms with E-state index in [0.29, 0.717) is 12.3 Å². The van der Waals surface area contributed by atoms with Crippen LogP contribution < -0.4 is 10.6 Å². The molecule has 0 fully saturated rings. The van der Waals surface area contributed by atoms with Crippen molar-refractivity contribution in [3.05, 3.63) is 0 Å². The first-order valence-corrected chi connectivity index (χ1v) is 9.25. The second-order valence-corrected chi connectivity index (χ2v) is 6.10. The van der Waals surface area contributed by atoms with Crippen molar-refractivity contribution in [3.8, 4) is 0 Å². The highest BCUT2D eigenvalue weighted by Gasteiger charge is 2.12. The third kappa shape index (κ3) is 15.4. The molecular weight excluding hydrogens is 433 g/mol. The Kier molecular flexibility index (Phi) is 19.4. The molecule has 0 aliphatic heterocycles. The first kappa shape index (κ1) is 26.7. The molecule has 25 heavy (non-hydrogen) atoms. The van der Waals surface area contributed by atoms with E-state index in [9.17, 15) is 4.79 Å². The number of aliphatic imine (C=N–C) groups is 1. The van der Waals surface area contributed by atoms with Gasteiger partial charge in [-0.3, -0.25) is 9.79 Å². The number of nitrogens with zero attached hydrogens (tertiary/aromatic N) is 1. The Morgan fingerprint density at radius 2 is 1.84 bits per heavy atom. The SMILES string of the molecule is CCNC(=NCCCCCC(=O)OC)NCCC(OCC)C(C)C.I. The highest BCUT2D eigenvalue weighted by atomic mass is 127. The first-order chi connectivity index (χ1) is 11.5. The van der Waals surface area contributed by atoms with Gasteiger partial charge >= 0.3 is 5.97 Å². The smallest absolute Gasteiger partial charge is 0.305 e. The van der Waals surface area contributed by atoms with E-state index in [4.69, 9.17) is 4.74 Å². The average Bonchev–Trinajstić information content (AvgIpc) is 2.56. The number of carbonyl (C=O) groups excluding carboxylic acids is 1. The van der Waals surface area contributed by atoms with Gasteiger partial charge in [-0.2, -0.15) is 0 Å². The molecular formula is C18H38IN3O3. The monoisotopic (exact) mass is 471 g/mol. The molecule has 0 aromatic heterocycles. The maximum atomic E-state index is 11.0. The molecule has 0 radical (unpaired) electrons. The van der Waals surface area contributed by atoms with Crippen molar-refractivity contribution in [1.82, 2.24) is 10.6 Å². The molecule has 0 spiro atoms. The van der Waals surface area contributed by atoms with Gasteiger partial charge in [-0.15, -0.1) is 24.0 Å². The zero-order valence-electron chi connectivity index (χ0n) is 16.6. The van der Waals surface area contributed by atoms with Crippen LogP contribution in [0.2, 0.25) is 0 Å². The number of ether oxygens (including phenoxy) is 2. The van der Waals surface area contributed by atoms with Crippen LogP contribution in [0.5, 0.6) is 0 Å². The maximum absolute atomic E-state index is 11.0. The highest BCUT2D eigenvalue weighted by molar-refractivity contribution is 14.0. The molecule has 0 heterocycles. The number of nitrogens with one attached hydrogen (secondary N) is 2. The van der Waals surface area contributed by atoms with Crippen LogP contribution in [0.1, 0.15) is 59.8 Å². The molecule has 0 aromatic carbocycles. The number of methoxy groups -OCH3 is 1. The van der Waals surface area contributed by atoms with Crippen molar-refractivity contribution >= 4 is 35.9 Å². The lowest BCUT2D eigenvalue weighted by Crippen LogP contribution is -2.39. The third-order valence-corrected chi connectivity index (χ3v) is 3.73. The van der Waals surface area contributed by atoms with Crippen LogP contribution in [0.15, 0.2) is 4.99 Å². The largest absolute Gasteiger partial charge is 0.469 e. The molecule has 1 unspecified atom stereocenters. The summed E-state index contributed by atoms with van der Waals surface area (Å²) in [6, 6.07) is 0. The van der Waals surface area contributed by atoms with Crippen LogP contribution >= 0.6 is 24.0 Å². The number of unbranched alkanes of at least 4 members (excludes halogenated alkanes) is 2. The second kappa shape index (κ2) is 18.2. The van der Waals surface area contributed by atoms with Crippen LogP contribution in [-0.4, -0.2) is 51.4 Å². The highest BCUT2D eigenvalue weighted by Crippen LogP contribution is 2.09. The number of esters is 1. The molecule has 2 N–H and O–H groups in total. The lowest BCUT2D eigenvalue weighted by atomic mass is 10.0. The van der Waals surface area contributed by atoms with E-state index in [1.54, 1.807) is 0 Å². The molecule has 6 nitrogen and oxygen atoms in total. The fraction of sp³-hybridized carbons (Fsp3) is 0.889. The van der Waals surface area contributed by atoms with Gasteiger partial charge in [0.15, 0.2) is 5.96 Å². The summed E-state index contributed by atoms with van der Waals surface area (Å²) in [5.74, 6) is 1.23. The van der Waals surface area contributed by atoms with Gasteiger partial charge in [-0.25, -0.2) is 0 Å². The molecule has 0 saturated carbocycles. The van der Waals surface area contributed by atoms with E-state index in [1.807, 2.05) is 6.92 Å². The Morgan fingerprint density at radius 1 is 1.12 bits per heavy atom. The van der Waals surface area contributed by atoms with Crippen LogP contribution in [0.3, 0.4) is 0 Å². The molecule has 1 atom stereocenters. The van der Waals surface area contributed by atoms with E-state index in [2.05, 4.69) is 41.1 Å². The average molecular weight is 471 g/mol. The Balaban J connectivity index is 0. The van der Waals surface area contributed by atoms with Crippen LogP contribution in [-0.2, 0) is 14.3 Å². The summed E-state index contributed by atoms with van der Waals surface area (Å²) in [7, 11) is 1.43. The molecule has 0 aliphatic rings. The predicted molar refractivity (Wildman–Crippen MR) is 115 cm³/mol. The number of hydrogen-bond donors (Lipinski definition) is 2. The molecule has 0 aromatic rings. The summed E-state index contributed by atoms with van der Waals surface area (Å²) in [5.41, 5.74) is 0. The van der Waals surface area contributed by atoms with Crippen molar-refractivity contribution in [3.63, 3.8) is 0 Å². The second-order valence-electron chi connectivity index (χ2n) is 6.10. The van der Waals surface area contributed by atoms with Crippen LogP contribution in [0, 0.1) is 5.92 Å². The summed E-state index contributed by atoms with van der Waals surface area (Å²) in [6.07, 6.45) is 4.56. The number of halogens is 1. The normalized spacial score (nSPS) is 12.5. The fourth-order valence-corrected chi connectivity index (χ4v) is 2.35. The van der Waals surface area contributed by atoms with E-state index >= 15 is 0 Å². The zero-order chi connectivity index (χ0) is 18.2. The summed E-state index contributed by atoms with van der Waals surface area (Å²) in [6.45, 7) is 11.7. The van der Waals surface area contributed by atoms with Gasteiger partial charge in [0, 0.05) is 32.7 Å². The van der Waals surface area contributed by atoms with E-state index < -0.39 is 0 Å². The van der Waals surface area contributed by atoms with Crippen molar-refractivity contribution < 1.29 is 14.3 Å². The predicted octanol–water partition coefficient (Wildman–Crippen LogP) is 3.34. The minimum atomic E-state index is -0.137. The number of rotatable bonds is 13. The van der Waals surface area contributed by atoms with E-state index in [0.717, 1.165) is 57.9 Å². The molecule has 0 saturated heterocycles. The van der Waals surface area contributed by atoms with Crippen molar-refractivity contribution in [1.29, 1.82) is 0 Å². The van der Waals surface area contributed by atoms with Crippen molar-refractivity contribution in [2.75, 3.05) is 33.4 Å². The van der Waals surface area contributed by atoms with Gasteiger partial charge in [0.05, 0.1) is 13.2 Å². The fourth-order valence-electron chi connectivity index (χ4n) is 2.35. The lowest BCUT2D eigenvalue weighted by Gasteiger charge is -2.21. The summed E-state index contributed by atoms with van der Waals surface area (Å²) in [5, 5.41) is 6.63. The first-order valence-electron chi connectivity index (χ1n) is 9.25. The standard InChI is InChI=1S/C18H37N3O3.HI/c1-6-19-18(20-13-10-8-9-11-17(22)23-5)21-14-12-16(15(3)4)24-7-2;/h15-16H,6-14H2,1-5H3,(H2,19,20,21);1H. The number of hydrogen-bond acceptors (Lipinski definition) is 4. The molecule has 150 valence electrons. The Bertz CT molecular complexity index is 352. The van der Waals surface area contributed by atoms with Crippen LogP contribution in [0.4, 0.5) is 0 Å². The Morgan fingerprint density at radius 3 is 2.40 bits per heavy atom. The molecule has 0 amide bonds. The van der Waals surface area contributed by atoms with Crippen molar-refractivity contribution in [2.45, 2.75) is 65.9 Å². The van der Waals surface area contributed by atoms with E-state index in [-0.39, 0.29) is 36.0 Å². The topological polar surface area (TPSA) is 72.0 Å². The summed E-state index contributed by atoms with van der Waals surface area (Å²) >= 11 is 0. The van der Waals surface area contributed by atoms with E-state index in [1.165, 1.54) is 7.11 Å².